The molecule has 1 amide bonds. The van der Waals surface area contributed by atoms with Gasteiger partial charge in [-0.25, -0.2) is 0 Å². The molecule has 1 aliphatic carbocycles. The Kier molecular flexibility index (Phi) is 6.60. The third kappa shape index (κ3) is 3.51. The summed E-state index contributed by atoms with van der Waals surface area (Å²) in [7, 11) is 0. The maximum atomic E-state index is 12.3. The molecule has 0 saturated heterocycles. The van der Waals surface area contributed by atoms with Gasteiger partial charge in [0.2, 0.25) is 5.91 Å². The smallest absolute Gasteiger partial charge is 0.229 e. The molecule has 3 rings (SSSR count). The van der Waals surface area contributed by atoms with Crippen LogP contribution in [0.25, 0.3) is 10.9 Å². The van der Waals surface area contributed by atoms with E-state index in [0.29, 0.717) is 0 Å². The molecule has 4 nitrogen and oxygen atoms in total. The minimum atomic E-state index is -0.0666. The Morgan fingerprint density at radius 1 is 1.27 bits per heavy atom. The molecule has 2 atom stereocenters. The first kappa shape index (κ1) is 18.7. The highest BCUT2D eigenvalue weighted by molar-refractivity contribution is 6.02. The van der Waals surface area contributed by atoms with Crippen molar-refractivity contribution < 1.29 is 4.79 Å². The number of hydrogen-bond donors (Lipinski definition) is 2. The number of halogens is 2. The number of rotatable bonds is 2. The molecule has 0 spiro atoms. The second-order valence-electron chi connectivity index (χ2n) is 5.52. The molecule has 1 heterocycles. The number of carbonyl (C=O) groups is 1. The summed E-state index contributed by atoms with van der Waals surface area (Å²) in [6.07, 6.45) is 4.63. The van der Waals surface area contributed by atoms with E-state index in [1.165, 1.54) is 0 Å². The molecule has 2 unspecified atom stereocenters. The van der Waals surface area contributed by atoms with Crippen molar-refractivity contribution in [3.63, 3.8) is 0 Å². The van der Waals surface area contributed by atoms with Gasteiger partial charge in [0, 0.05) is 17.6 Å². The number of carbonyl (C=O) groups excluding carboxylic acids is 1. The van der Waals surface area contributed by atoms with Gasteiger partial charge in [-0.15, -0.1) is 24.8 Å². The first-order valence-electron chi connectivity index (χ1n) is 7.07. The number of nitrogens with two attached hydrogens (primary N) is 1. The van der Waals surface area contributed by atoms with Gasteiger partial charge >= 0.3 is 0 Å². The van der Waals surface area contributed by atoms with Crippen LogP contribution in [0.5, 0.6) is 0 Å². The van der Waals surface area contributed by atoms with Crippen molar-refractivity contribution >= 4 is 47.3 Å². The van der Waals surface area contributed by atoms with Gasteiger partial charge in [0.05, 0.1) is 17.1 Å². The van der Waals surface area contributed by atoms with E-state index in [9.17, 15) is 4.79 Å². The predicted molar refractivity (Wildman–Crippen MR) is 94.9 cm³/mol. The maximum absolute atomic E-state index is 12.3. The molecule has 120 valence electrons. The van der Waals surface area contributed by atoms with E-state index in [4.69, 9.17) is 5.73 Å². The monoisotopic (exact) mass is 341 g/mol. The fraction of sp³-hybridized carbons (Fsp3) is 0.375. The van der Waals surface area contributed by atoms with E-state index < -0.39 is 0 Å². The van der Waals surface area contributed by atoms with Crippen molar-refractivity contribution in [2.45, 2.75) is 32.2 Å². The third-order valence-electron chi connectivity index (χ3n) is 4.14. The first-order chi connectivity index (χ1) is 9.66. The quantitative estimate of drug-likeness (QED) is 0.878. The first-order valence-corrected chi connectivity index (χ1v) is 7.07. The average molecular weight is 342 g/mol. The Bertz CT molecular complexity index is 663. The largest absolute Gasteiger partial charge is 0.327 e. The fourth-order valence-corrected chi connectivity index (χ4v) is 2.96. The number of anilines is 1. The summed E-state index contributed by atoms with van der Waals surface area (Å²) in [5, 5.41) is 4.00. The van der Waals surface area contributed by atoms with Gasteiger partial charge in [0.15, 0.2) is 0 Å². The zero-order chi connectivity index (χ0) is 14.1. The van der Waals surface area contributed by atoms with Crippen LogP contribution in [-0.4, -0.2) is 16.9 Å². The minimum Gasteiger partial charge on any atom is -0.327 e. The normalized spacial score (nSPS) is 20.1. The lowest BCUT2D eigenvalue weighted by Gasteiger charge is -2.16. The lowest BCUT2D eigenvalue weighted by molar-refractivity contribution is -0.120. The molecule has 2 aromatic rings. The maximum Gasteiger partial charge on any atom is 0.229 e. The molecule has 1 aromatic heterocycles. The molecule has 0 aliphatic heterocycles. The topological polar surface area (TPSA) is 68.0 Å². The molecule has 3 N–H and O–H groups in total. The van der Waals surface area contributed by atoms with E-state index in [-0.39, 0.29) is 42.7 Å². The van der Waals surface area contributed by atoms with Crippen LogP contribution >= 0.6 is 24.8 Å². The van der Waals surface area contributed by atoms with Crippen LogP contribution in [0.2, 0.25) is 0 Å². The summed E-state index contributed by atoms with van der Waals surface area (Å²) < 4.78 is 0. The number of fused-ring (bicyclic) bond motifs is 1. The fourth-order valence-electron chi connectivity index (χ4n) is 2.96. The minimum absolute atomic E-state index is 0. The number of nitrogens with one attached hydrogen (secondary N) is 1. The molecule has 22 heavy (non-hydrogen) atoms. The SMILES string of the molecule is Cc1ccc(NC(=O)C2CCCC2N)c2cccnc12.Cl.Cl. The molecular formula is C16H21Cl2N3O. The van der Waals surface area contributed by atoms with Crippen LogP contribution < -0.4 is 11.1 Å². The van der Waals surface area contributed by atoms with E-state index >= 15 is 0 Å². The van der Waals surface area contributed by atoms with E-state index in [1.54, 1.807) is 6.20 Å². The molecule has 1 aliphatic rings. The lowest BCUT2D eigenvalue weighted by atomic mass is 10.0. The van der Waals surface area contributed by atoms with Crippen LogP contribution in [0.1, 0.15) is 24.8 Å². The van der Waals surface area contributed by atoms with Crippen molar-refractivity contribution in [1.29, 1.82) is 0 Å². The Hall–Kier alpha value is -1.36. The summed E-state index contributed by atoms with van der Waals surface area (Å²) in [4.78, 5) is 16.7. The molecule has 1 saturated carbocycles. The standard InChI is InChI=1S/C16H19N3O.2ClH/c1-10-7-8-14(12-5-3-9-18-15(10)12)19-16(20)11-4-2-6-13(11)17;;/h3,5,7-9,11,13H,2,4,6,17H2,1H3,(H,19,20);2*1H. The Morgan fingerprint density at radius 3 is 2.73 bits per heavy atom. The summed E-state index contributed by atoms with van der Waals surface area (Å²) in [5.74, 6) is -0.0352. The number of aromatic nitrogens is 1. The van der Waals surface area contributed by atoms with Crippen LogP contribution in [0.3, 0.4) is 0 Å². The van der Waals surface area contributed by atoms with Crippen molar-refractivity contribution in [3.8, 4) is 0 Å². The highest BCUT2D eigenvalue weighted by atomic mass is 35.5. The van der Waals surface area contributed by atoms with Crippen molar-refractivity contribution in [1.82, 2.24) is 4.98 Å². The summed E-state index contributed by atoms with van der Waals surface area (Å²) in [6, 6.07) is 7.79. The van der Waals surface area contributed by atoms with E-state index in [0.717, 1.165) is 41.4 Å². The third-order valence-corrected chi connectivity index (χ3v) is 4.14. The van der Waals surface area contributed by atoms with Gasteiger partial charge in [0.25, 0.3) is 0 Å². The summed E-state index contributed by atoms with van der Waals surface area (Å²) in [6.45, 7) is 2.02. The van der Waals surface area contributed by atoms with Gasteiger partial charge < -0.3 is 11.1 Å². The van der Waals surface area contributed by atoms with Gasteiger partial charge in [0.1, 0.15) is 0 Å². The Morgan fingerprint density at radius 2 is 2.05 bits per heavy atom. The highest BCUT2D eigenvalue weighted by Crippen LogP contribution is 2.28. The second kappa shape index (κ2) is 7.77. The number of hydrogen-bond acceptors (Lipinski definition) is 3. The van der Waals surface area contributed by atoms with Crippen LogP contribution in [0, 0.1) is 12.8 Å². The van der Waals surface area contributed by atoms with E-state index in [2.05, 4.69) is 10.3 Å². The number of pyridine rings is 1. The number of nitrogens with zero attached hydrogens (tertiary/aromatic N) is 1. The summed E-state index contributed by atoms with van der Waals surface area (Å²) >= 11 is 0. The molecule has 1 fully saturated rings. The van der Waals surface area contributed by atoms with Gasteiger partial charge in [-0.05, 0) is 43.5 Å². The lowest BCUT2D eigenvalue weighted by Crippen LogP contribution is -2.34. The van der Waals surface area contributed by atoms with Gasteiger partial charge in [-0.2, -0.15) is 0 Å². The molecule has 0 bridgehead atoms. The van der Waals surface area contributed by atoms with Gasteiger partial charge in [-0.1, -0.05) is 12.5 Å². The van der Waals surface area contributed by atoms with E-state index in [1.807, 2.05) is 31.2 Å². The predicted octanol–water partition coefficient (Wildman–Crippen LogP) is 3.45. The number of amides is 1. The molecule has 0 radical (unpaired) electrons. The summed E-state index contributed by atoms with van der Waals surface area (Å²) in [5.41, 5.74) is 8.86. The average Bonchev–Trinajstić information content (AvgIpc) is 2.88. The zero-order valence-electron chi connectivity index (χ0n) is 12.4. The second-order valence-corrected chi connectivity index (χ2v) is 5.52. The molecule has 6 heteroatoms. The Balaban J connectivity index is 0.00000121. The van der Waals surface area contributed by atoms with Crippen molar-refractivity contribution in [3.05, 3.63) is 36.0 Å². The van der Waals surface area contributed by atoms with Crippen LogP contribution in [-0.2, 0) is 4.79 Å². The molecular weight excluding hydrogens is 321 g/mol. The zero-order valence-corrected chi connectivity index (χ0v) is 14.0. The van der Waals surface area contributed by atoms with Crippen molar-refractivity contribution in [2.75, 3.05) is 5.32 Å². The van der Waals surface area contributed by atoms with Crippen molar-refractivity contribution in [2.24, 2.45) is 11.7 Å². The van der Waals surface area contributed by atoms with Crippen LogP contribution in [0.15, 0.2) is 30.5 Å². The number of aryl methyl sites for hydroxylation is 1. The highest BCUT2D eigenvalue weighted by Gasteiger charge is 2.30. The van der Waals surface area contributed by atoms with Crippen LogP contribution in [0.4, 0.5) is 5.69 Å². The number of benzene rings is 1. The van der Waals surface area contributed by atoms with Gasteiger partial charge in [-0.3, -0.25) is 9.78 Å². The molecule has 1 aromatic carbocycles. The Labute approximate surface area is 142 Å².